The Hall–Kier alpha value is -0.420. The monoisotopic (exact) mass is 270 g/mol. The molecule has 1 aromatic rings. The Labute approximate surface area is 115 Å². The maximum atomic E-state index is 5.99. The summed E-state index contributed by atoms with van der Waals surface area (Å²) in [5.74, 6) is 0. The van der Waals surface area contributed by atoms with Crippen LogP contribution >= 0.6 is 11.3 Å². The highest BCUT2D eigenvalue weighted by Gasteiger charge is 2.22. The molecule has 2 N–H and O–H groups in total. The summed E-state index contributed by atoms with van der Waals surface area (Å²) >= 11 is 1.88. The van der Waals surface area contributed by atoms with Gasteiger partial charge in [0.2, 0.25) is 0 Å². The highest BCUT2D eigenvalue weighted by Crippen LogP contribution is 2.28. The molecule has 3 nitrogen and oxygen atoms in total. The maximum absolute atomic E-state index is 5.99. The van der Waals surface area contributed by atoms with Crippen molar-refractivity contribution in [2.45, 2.75) is 39.3 Å². The molecule has 0 aliphatic carbocycles. The van der Waals surface area contributed by atoms with Crippen LogP contribution in [0.4, 0.5) is 0 Å². The Balaban J connectivity index is 2.83. The van der Waals surface area contributed by atoms with E-state index in [0.29, 0.717) is 18.6 Å². The van der Waals surface area contributed by atoms with Crippen LogP contribution in [0.1, 0.15) is 36.6 Å². The largest absolute Gasteiger partial charge is 0.383 e. The molecule has 4 heteroatoms. The van der Waals surface area contributed by atoms with E-state index >= 15 is 0 Å². The van der Waals surface area contributed by atoms with E-state index < -0.39 is 0 Å². The average molecular weight is 270 g/mol. The van der Waals surface area contributed by atoms with Crippen LogP contribution in [0.5, 0.6) is 0 Å². The van der Waals surface area contributed by atoms with Crippen LogP contribution < -0.4 is 5.73 Å². The first-order valence-electron chi connectivity index (χ1n) is 6.67. The van der Waals surface area contributed by atoms with Gasteiger partial charge in [-0.25, -0.2) is 0 Å². The molecule has 1 aromatic heterocycles. The number of aryl methyl sites for hydroxylation is 1. The fourth-order valence-electron chi connectivity index (χ4n) is 2.15. The zero-order chi connectivity index (χ0) is 13.5. The van der Waals surface area contributed by atoms with Crippen LogP contribution in [-0.4, -0.2) is 37.7 Å². The number of methoxy groups -OCH3 is 1. The van der Waals surface area contributed by atoms with Crippen molar-refractivity contribution >= 4 is 11.3 Å². The summed E-state index contributed by atoms with van der Waals surface area (Å²) in [6, 6.07) is 5.23. The summed E-state index contributed by atoms with van der Waals surface area (Å²) in [5.41, 5.74) is 5.99. The minimum absolute atomic E-state index is 0.311. The number of hydrogen-bond donors (Lipinski definition) is 1. The highest BCUT2D eigenvalue weighted by molar-refractivity contribution is 7.12. The van der Waals surface area contributed by atoms with Crippen LogP contribution in [0, 0.1) is 0 Å². The van der Waals surface area contributed by atoms with Crippen LogP contribution in [0.3, 0.4) is 0 Å². The molecule has 0 aromatic carbocycles. The van der Waals surface area contributed by atoms with Crippen LogP contribution in [0.15, 0.2) is 12.1 Å². The lowest BCUT2D eigenvalue weighted by molar-refractivity contribution is 0.0992. The molecule has 0 aliphatic heterocycles. The van der Waals surface area contributed by atoms with E-state index in [2.05, 4.69) is 37.8 Å². The number of thiophene rings is 1. The van der Waals surface area contributed by atoms with Crippen LogP contribution in [0.2, 0.25) is 0 Å². The van der Waals surface area contributed by atoms with Gasteiger partial charge in [0, 0.05) is 36.0 Å². The summed E-state index contributed by atoms with van der Waals surface area (Å²) in [5, 5.41) is 0. The van der Waals surface area contributed by atoms with Gasteiger partial charge in [0.25, 0.3) is 0 Å². The number of hydrogen-bond acceptors (Lipinski definition) is 4. The van der Waals surface area contributed by atoms with Gasteiger partial charge < -0.3 is 10.5 Å². The van der Waals surface area contributed by atoms with Crippen molar-refractivity contribution in [1.82, 2.24) is 4.90 Å². The zero-order valence-corrected chi connectivity index (χ0v) is 12.8. The van der Waals surface area contributed by atoms with Gasteiger partial charge in [-0.1, -0.05) is 6.92 Å². The van der Waals surface area contributed by atoms with E-state index in [9.17, 15) is 0 Å². The van der Waals surface area contributed by atoms with Gasteiger partial charge in [0.15, 0.2) is 0 Å². The van der Waals surface area contributed by atoms with Crippen LogP contribution in [-0.2, 0) is 11.2 Å². The molecule has 1 rings (SSSR count). The molecular weight excluding hydrogens is 244 g/mol. The molecule has 18 heavy (non-hydrogen) atoms. The van der Waals surface area contributed by atoms with E-state index in [4.69, 9.17) is 10.5 Å². The zero-order valence-electron chi connectivity index (χ0n) is 12.0. The molecule has 0 saturated carbocycles. The van der Waals surface area contributed by atoms with Gasteiger partial charge in [-0.3, -0.25) is 4.90 Å². The first kappa shape index (κ1) is 15.6. The van der Waals surface area contributed by atoms with E-state index in [1.54, 1.807) is 7.11 Å². The van der Waals surface area contributed by atoms with Gasteiger partial charge in [-0.05, 0) is 32.4 Å². The summed E-state index contributed by atoms with van der Waals surface area (Å²) in [6.45, 7) is 8.96. The van der Waals surface area contributed by atoms with Crippen molar-refractivity contribution in [1.29, 1.82) is 0 Å². The smallest absolute Gasteiger partial charge is 0.0590 e. The Morgan fingerprint density at radius 1 is 1.39 bits per heavy atom. The van der Waals surface area contributed by atoms with E-state index in [0.717, 1.165) is 19.6 Å². The highest BCUT2D eigenvalue weighted by atomic mass is 32.1. The summed E-state index contributed by atoms with van der Waals surface area (Å²) in [4.78, 5) is 5.23. The third-order valence-electron chi connectivity index (χ3n) is 3.20. The lowest BCUT2D eigenvalue weighted by Crippen LogP contribution is -2.40. The molecule has 0 spiro atoms. The Kier molecular flexibility index (Phi) is 6.86. The Bertz CT molecular complexity index is 338. The third kappa shape index (κ3) is 4.05. The first-order valence-corrected chi connectivity index (χ1v) is 7.49. The normalized spacial score (nSPS) is 13.5. The second-order valence-corrected chi connectivity index (χ2v) is 5.93. The fraction of sp³-hybridized carbons (Fsp3) is 0.714. The van der Waals surface area contributed by atoms with Crippen molar-refractivity contribution in [3.05, 3.63) is 21.9 Å². The predicted molar refractivity (Wildman–Crippen MR) is 79.2 cm³/mol. The van der Waals surface area contributed by atoms with Gasteiger partial charge in [0.1, 0.15) is 0 Å². The van der Waals surface area contributed by atoms with E-state index in [1.165, 1.54) is 9.75 Å². The van der Waals surface area contributed by atoms with Crippen molar-refractivity contribution < 1.29 is 4.74 Å². The van der Waals surface area contributed by atoms with Crippen molar-refractivity contribution in [2.75, 3.05) is 26.8 Å². The lowest BCUT2D eigenvalue weighted by atomic mass is 10.1. The third-order valence-corrected chi connectivity index (χ3v) is 4.53. The SMILES string of the molecule is CCc1ccc(C(CN)N(CCOC)C(C)C)s1. The molecule has 0 fully saturated rings. The van der Waals surface area contributed by atoms with Gasteiger partial charge in [-0.2, -0.15) is 0 Å². The molecule has 0 radical (unpaired) electrons. The van der Waals surface area contributed by atoms with Crippen molar-refractivity contribution in [2.24, 2.45) is 5.73 Å². The quantitative estimate of drug-likeness (QED) is 0.789. The Morgan fingerprint density at radius 2 is 2.11 bits per heavy atom. The molecule has 0 amide bonds. The molecule has 0 bridgehead atoms. The molecule has 0 aliphatic rings. The first-order chi connectivity index (χ1) is 8.63. The fourth-order valence-corrected chi connectivity index (χ4v) is 3.24. The van der Waals surface area contributed by atoms with Crippen LogP contribution in [0.25, 0.3) is 0 Å². The lowest BCUT2D eigenvalue weighted by Gasteiger charge is -2.33. The minimum atomic E-state index is 0.311. The van der Waals surface area contributed by atoms with Gasteiger partial charge in [-0.15, -0.1) is 11.3 Å². The van der Waals surface area contributed by atoms with E-state index in [-0.39, 0.29) is 0 Å². The van der Waals surface area contributed by atoms with Gasteiger partial charge >= 0.3 is 0 Å². The summed E-state index contributed by atoms with van der Waals surface area (Å²) in [6.07, 6.45) is 1.10. The standard InChI is InChI=1S/C14H26N2OS/c1-5-12-6-7-14(18-12)13(10-15)16(11(2)3)8-9-17-4/h6-7,11,13H,5,8-10,15H2,1-4H3. The number of nitrogens with two attached hydrogens (primary N) is 1. The second-order valence-electron chi connectivity index (χ2n) is 4.73. The second kappa shape index (κ2) is 7.89. The van der Waals surface area contributed by atoms with Crippen molar-refractivity contribution in [3.8, 4) is 0 Å². The average Bonchev–Trinajstić information content (AvgIpc) is 2.82. The summed E-state index contributed by atoms with van der Waals surface area (Å²) < 4.78 is 5.20. The number of ether oxygens (including phenoxy) is 1. The number of nitrogens with zero attached hydrogens (tertiary/aromatic N) is 1. The molecule has 1 atom stereocenters. The molecule has 1 heterocycles. The Morgan fingerprint density at radius 3 is 2.56 bits per heavy atom. The maximum Gasteiger partial charge on any atom is 0.0590 e. The summed E-state index contributed by atoms with van der Waals surface area (Å²) in [7, 11) is 1.75. The molecular formula is C14H26N2OS. The van der Waals surface area contributed by atoms with Gasteiger partial charge in [0.05, 0.1) is 12.6 Å². The minimum Gasteiger partial charge on any atom is -0.383 e. The van der Waals surface area contributed by atoms with Crippen molar-refractivity contribution in [3.63, 3.8) is 0 Å². The molecule has 0 saturated heterocycles. The van der Waals surface area contributed by atoms with E-state index in [1.807, 2.05) is 11.3 Å². The molecule has 1 unspecified atom stereocenters. The number of rotatable bonds is 8. The predicted octanol–water partition coefficient (Wildman–Crippen LogP) is 2.67. The molecule has 104 valence electrons. The topological polar surface area (TPSA) is 38.5 Å².